The van der Waals surface area contributed by atoms with Crippen LogP contribution in [-0.2, 0) is 9.59 Å². The number of carboxylic acids is 1. The van der Waals surface area contributed by atoms with Gasteiger partial charge in [0.15, 0.2) is 0 Å². The topological polar surface area (TPSA) is 57.6 Å². The average Bonchev–Trinajstić information content (AvgIpc) is 3.08. The largest absolute Gasteiger partial charge is 0.481 e. The van der Waals surface area contributed by atoms with E-state index >= 15 is 0 Å². The molecule has 19 heavy (non-hydrogen) atoms. The van der Waals surface area contributed by atoms with Gasteiger partial charge in [0.1, 0.15) is 0 Å². The molecule has 1 aromatic rings. The number of rotatable bonds is 3. The second-order valence-corrected chi connectivity index (χ2v) is 5.39. The molecule has 4 heteroatoms. The lowest BCUT2D eigenvalue weighted by atomic mass is 10.0. The standard InChI is InChI=1S/C15H17NO3/c17-14(11-9-12(11)15(18)19)16-8-4-7-13(16)10-5-2-1-3-6-10/h1-3,5-6,11-13H,4,7-9H2,(H,18,19)/t11-,12+,13-/m0/s1. The molecule has 3 rings (SSSR count). The maximum absolute atomic E-state index is 12.4. The highest BCUT2D eigenvalue weighted by atomic mass is 16.4. The molecule has 0 radical (unpaired) electrons. The summed E-state index contributed by atoms with van der Waals surface area (Å²) in [6.45, 7) is 0.751. The quantitative estimate of drug-likeness (QED) is 0.904. The van der Waals surface area contributed by atoms with Gasteiger partial charge in [-0.15, -0.1) is 0 Å². The highest BCUT2D eigenvalue weighted by Gasteiger charge is 2.51. The van der Waals surface area contributed by atoms with Gasteiger partial charge >= 0.3 is 5.97 Å². The molecule has 0 unspecified atom stereocenters. The van der Waals surface area contributed by atoms with Gasteiger partial charge in [0.05, 0.1) is 17.9 Å². The van der Waals surface area contributed by atoms with Crippen molar-refractivity contribution in [3.05, 3.63) is 35.9 Å². The summed E-state index contributed by atoms with van der Waals surface area (Å²) in [6, 6.07) is 10.1. The van der Waals surface area contributed by atoms with Gasteiger partial charge in [0.25, 0.3) is 0 Å². The fourth-order valence-electron chi connectivity index (χ4n) is 3.01. The highest BCUT2D eigenvalue weighted by molar-refractivity contribution is 5.89. The molecule has 1 heterocycles. The van der Waals surface area contributed by atoms with Crippen molar-refractivity contribution in [3.63, 3.8) is 0 Å². The van der Waals surface area contributed by atoms with Crippen molar-refractivity contribution in [2.24, 2.45) is 11.8 Å². The van der Waals surface area contributed by atoms with Gasteiger partial charge in [-0.2, -0.15) is 0 Å². The maximum atomic E-state index is 12.4. The van der Waals surface area contributed by atoms with Crippen molar-refractivity contribution in [2.45, 2.75) is 25.3 Å². The number of carboxylic acid groups (broad SMARTS) is 1. The van der Waals surface area contributed by atoms with Gasteiger partial charge in [-0.25, -0.2) is 0 Å². The molecular formula is C15H17NO3. The van der Waals surface area contributed by atoms with Crippen molar-refractivity contribution >= 4 is 11.9 Å². The van der Waals surface area contributed by atoms with Crippen LogP contribution in [0.15, 0.2) is 30.3 Å². The fourth-order valence-corrected chi connectivity index (χ4v) is 3.01. The minimum atomic E-state index is -0.839. The van der Waals surface area contributed by atoms with Gasteiger partial charge in [0, 0.05) is 6.54 Å². The minimum Gasteiger partial charge on any atom is -0.481 e. The SMILES string of the molecule is O=C(O)[C@@H]1C[C@@H]1C(=O)N1CCC[C@H]1c1ccccc1. The van der Waals surface area contributed by atoms with Crippen LogP contribution in [0.25, 0.3) is 0 Å². The van der Waals surface area contributed by atoms with E-state index in [0.717, 1.165) is 24.9 Å². The van der Waals surface area contributed by atoms with Crippen LogP contribution in [0.2, 0.25) is 0 Å². The predicted molar refractivity (Wildman–Crippen MR) is 69.4 cm³/mol. The Morgan fingerprint density at radius 1 is 1.16 bits per heavy atom. The molecule has 4 nitrogen and oxygen atoms in total. The van der Waals surface area contributed by atoms with Crippen LogP contribution in [0, 0.1) is 11.8 Å². The molecule has 1 N–H and O–H groups in total. The second-order valence-electron chi connectivity index (χ2n) is 5.39. The number of aliphatic carboxylic acids is 1. The van der Waals surface area contributed by atoms with Crippen LogP contribution in [0.4, 0.5) is 0 Å². The van der Waals surface area contributed by atoms with Crippen LogP contribution in [0.3, 0.4) is 0 Å². The van der Waals surface area contributed by atoms with E-state index in [1.807, 2.05) is 35.2 Å². The Kier molecular flexibility index (Phi) is 3.01. The van der Waals surface area contributed by atoms with E-state index < -0.39 is 11.9 Å². The summed E-state index contributed by atoms with van der Waals surface area (Å²) in [4.78, 5) is 25.1. The molecular weight excluding hydrogens is 242 g/mol. The zero-order valence-corrected chi connectivity index (χ0v) is 10.7. The average molecular weight is 259 g/mol. The summed E-state index contributed by atoms with van der Waals surface area (Å²) in [5.41, 5.74) is 1.15. The number of hydrogen-bond donors (Lipinski definition) is 1. The molecule has 0 bridgehead atoms. The number of amides is 1. The Labute approximate surface area is 112 Å². The Hall–Kier alpha value is -1.84. The van der Waals surface area contributed by atoms with Gasteiger partial charge in [0.2, 0.25) is 5.91 Å². The number of likely N-dealkylation sites (tertiary alicyclic amines) is 1. The van der Waals surface area contributed by atoms with E-state index in [0.29, 0.717) is 6.42 Å². The minimum absolute atomic E-state index is 0.0266. The number of carbonyl (C=O) groups excluding carboxylic acids is 1. The van der Waals surface area contributed by atoms with Gasteiger partial charge in [-0.05, 0) is 24.8 Å². The molecule has 1 aliphatic heterocycles. The molecule has 0 aromatic heterocycles. The van der Waals surface area contributed by atoms with E-state index in [1.165, 1.54) is 0 Å². The maximum Gasteiger partial charge on any atom is 0.307 e. The molecule has 1 aliphatic carbocycles. The summed E-state index contributed by atoms with van der Waals surface area (Å²) >= 11 is 0. The van der Waals surface area contributed by atoms with Crippen molar-refractivity contribution in [1.29, 1.82) is 0 Å². The van der Waals surface area contributed by atoms with E-state index in [-0.39, 0.29) is 17.9 Å². The lowest BCUT2D eigenvalue weighted by molar-refractivity contribution is -0.142. The number of hydrogen-bond acceptors (Lipinski definition) is 2. The fraction of sp³-hybridized carbons (Fsp3) is 0.467. The summed E-state index contributed by atoms with van der Waals surface area (Å²) in [5.74, 6) is -1.56. The number of nitrogens with zero attached hydrogens (tertiary/aromatic N) is 1. The molecule has 3 atom stereocenters. The third-order valence-electron chi connectivity index (χ3n) is 4.15. The van der Waals surface area contributed by atoms with E-state index in [4.69, 9.17) is 5.11 Å². The first-order valence-corrected chi connectivity index (χ1v) is 6.76. The second kappa shape index (κ2) is 4.68. The summed E-state index contributed by atoms with van der Waals surface area (Å²) in [5, 5.41) is 8.93. The van der Waals surface area contributed by atoms with Gasteiger partial charge in [-0.1, -0.05) is 30.3 Å². The highest BCUT2D eigenvalue weighted by Crippen LogP contribution is 2.43. The lowest BCUT2D eigenvalue weighted by Gasteiger charge is -2.25. The molecule has 2 aliphatic rings. The summed E-state index contributed by atoms with van der Waals surface area (Å²) in [7, 11) is 0. The summed E-state index contributed by atoms with van der Waals surface area (Å²) < 4.78 is 0. The van der Waals surface area contributed by atoms with Gasteiger partial charge < -0.3 is 10.0 Å². The monoisotopic (exact) mass is 259 g/mol. The molecule has 100 valence electrons. The zero-order valence-electron chi connectivity index (χ0n) is 10.7. The molecule has 0 spiro atoms. The molecule has 2 fully saturated rings. The van der Waals surface area contributed by atoms with Crippen molar-refractivity contribution < 1.29 is 14.7 Å². The van der Waals surface area contributed by atoms with Crippen LogP contribution in [0.1, 0.15) is 30.9 Å². The van der Waals surface area contributed by atoms with Gasteiger partial charge in [-0.3, -0.25) is 9.59 Å². The van der Waals surface area contributed by atoms with Crippen molar-refractivity contribution in [2.75, 3.05) is 6.54 Å². The van der Waals surface area contributed by atoms with E-state index in [1.54, 1.807) is 0 Å². The third-order valence-corrected chi connectivity index (χ3v) is 4.15. The van der Waals surface area contributed by atoms with E-state index in [2.05, 4.69) is 0 Å². The summed E-state index contributed by atoms with van der Waals surface area (Å²) in [6.07, 6.45) is 2.47. The Bertz CT molecular complexity index is 499. The molecule has 1 aromatic carbocycles. The Morgan fingerprint density at radius 3 is 2.53 bits per heavy atom. The van der Waals surface area contributed by atoms with Crippen LogP contribution in [0.5, 0.6) is 0 Å². The number of carbonyl (C=O) groups is 2. The zero-order chi connectivity index (χ0) is 13.4. The third kappa shape index (κ3) is 2.23. The van der Waals surface area contributed by atoms with Crippen LogP contribution < -0.4 is 0 Å². The Balaban J connectivity index is 1.74. The van der Waals surface area contributed by atoms with Crippen molar-refractivity contribution in [1.82, 2.24) is 4.90 Å². The first kappa shape index (κ1) is 12.2. The first-order valence-electron chi connectivity index (χ1n) is 6.76. The van der Waals surface area contributed by atoms with Crippen LogP contribution >= 0.6 is 0 Å². The number of benzene rings is 1. The lowest BCUT2D eigenvalue weighted by Crippen LogP contribution is -2.32. The first-order chi connectivity index (χ1) is 9.18. The van der Waals surface area contributed by atoms with Crippen LogP contribution in [-0.4, -0.2) is 28.4 Å². The van der Waals surface area contributed by atoms with E-state index in [9.17, 15) is 9.59 Å². The normalized spacial score (nSPS) is 29.3. The van der Waals surface area contributed by atoms with Crippen molar-refractivity contribution in [3.8, 4) is 0 Å². The molecule has 1 saturated carbocycles. The smallest absolute Gasteiger partial charge is 0.307 e. The molecule has 1 saturated heterocycles. The molecule has 1 amide bonds. The predicted octanol–water partition coefficient (Wildman–Crippen LogP) is 2.07. The Morgan fingerprint density at radius 2 is 1.89 bits per heavy atom.